The Balaban J connectivity index is 1.44. The topological polar surface area (TPSA) is 34.5 Å². The number of aryl methyl sites for hydroxylation is 2. The largest absolute Gasteiger partial charge is 0.497 e. The number of piperidine rings is 1. The average molecular weight is 415 g/mol. The van der Waals surface area contributed by atoms with E-state index in [2.05, 4.69) is 35.2 Å². The Labute approximate surface area is 183 Å². The number of nitrogens with zero attached hydrogens (tertiary/aromatic N) is 2. The molecule has 4 heteroatoms. The summed E-state index contributed by atoms with van der Waals surface area (Å²) in [7, 11) is 1.68. The Morgan fingerprint density at radius 2 is 1.81 bits per heavy atom. The van der Waals surface area contributed by atoms with Crippen LogP contribution in [-0.2, 0) is 25.9 Å². The highest BCUT2D eigenvalue weighted by Gasteiger charge is 2.37. The quantitative estimate of drug-likeness (QED) is 0.615. The zero-order chi connectivity index (χ0) is 20.9. The molecule has 3 aromatic rings. The Hall–Kier alpha value is -2.59. The summed E-state index contributed by atoms with van der Waals surface area (Å²) in [6, 6.07) is 15.6. The molecule has 0 radical (unpaired) electrons. The second-order valence-electron chi connectivity index (χ2n) is 9.70. The number of methoxy groups -OCH3 is 1. The van der Waals surface area contributed by atoms with Crippen LogP contribution in [0.2, 0.25) is 0 Å². The highest BCUT2D eigenvalue weighted by molar-refractivity contribution is 5.82. The molecule has 2 heterocycles. The van der Waals surface area contributed by atoms with Crippen molar-refractivity contribution in [2.75, 3.05) is 13.7 Å². The monoisotopic (exact) mass is 414 g/mol. The first-order valence-corrected chi connectivity index (χ1v) is 11.7. The molecule has 0 spiro atoms. The maximum Gasteiger partial charge on any atom is 0.255 e. The van der Waals surface area contributed by atoms with Crippen LogP contribution in [0.4, 0.5) is 0 Å². The molecule has 2 atom stereocenters. The van der Waals surface area contributed by atoms with E-state index < -0.39 is 0 Å². The van der Waals surface area contributed by atoms with Gasteiger partial charge in [0.05, 0.1) is 19.2 Å². The summed E-state index contributed by atoms with van der Waals surface area (Å²) in [5.74, 6) is 1.69. The lowest BCUT2D eigenvalue weighted by atomic mass is 10.0. The Bertz CT molecular complexity index is 1190. The molecule has 2 bridgehead atoms. The maximum atomic E-state index is 13.7. The summed E-state index contributed by atoms with van der Waals surface area (Å²) in [5.41, 5.74) is 6.21. The lowest BCUT2D eigenvalue weighted by Crippen LogP contribution is -2.35. The van der Waals surface area contributed by atoms with Crippen molar-refractivity contribution < 1.29 is 4.74 Å². The lowest BCUT2D eigenvalue weighted by molar-refractivity contribution is 0.204. The number of likely N-dealkylation sites (tertiary alicyclic amines) is 1. The van der Waals surface area contributed by atoms with Gasteiger partial charge in [-0.3, -0.25) is 9.69 Å². The minimum absolute atomic E-state index is 0.170. The number of hydrogen-bond donors (Lipinski definition) is 0. The van der Waals surface area contributed by atoms with E-state index in [9.17, 15) is 4.79 Å². The number of fused-ring (bicyclic) bond motifs is 4. The molecule has 1 saturated heterocycles. The van der Waals surface area contributed by atoms with Gasteiger partial charge in [-0.1, -0.05) is 12.1 Å². The van der Waals surface area contributed by atoms with E-state index in [1.54, 1.807) is 7.11 Å². The van der Waals surface area contributed by atoms with Crippen molar-refractivity contribution in [1.29, 1.82) is 0 Å². The number of ether oxygens (including phenoxy) is 1. The van der Waals surface area contributed by atoms with Crippen LogP contribution in [-0.4, -0.2) is 29.2 Å². The van der Waals surface area contributed by atoms with Gasteiger partial charge < -0.3 is 9.30 Å². The maximum absolute atomic E-state index is 13.7. The van der Waals surface area contributed by atoms with Gasteiger partial charge in [-0.2, -0.15) is 0 Å². The second-order valence-corrected chi connectivity index (χ2v) is 9.70. The minimum atomic E-state index is 0.170. The molecule has 1 saturated carbocycles. The van der Waals surface area contributed by atoms with Crippen LogP contribution in [0.25, 0.3) is 10.9 Å². The Kier molecular flexibility index (Phi) is 4.64. The van der Waals surface area contributed by atoms with E-state index in [1.165, 1.54) is 42.2 Å². The first-order chi connectivity index (χ1) is 15.2. The Morgan fingerprint density at radius 3 is 2.52 bits per heavy atom. The van der Waals surface area contributed by atoms with Gasteiger partial charge in [0.2, 0.25) is 0 Å². The standard InChI is InChI=1S/C27H30N2O2/c1-31-25-9-6-18(7-10-25)16-29-26-14-21-4-2-3-20(21)12-22(26)13-23(27(29)30)17-28-15-19-5-8-24(28)11-19/h6-7,9-10,12-14,19,24H,2-5,8,11,15-17H2,1H3/t19-,24+/m0/s1. The SMILES string of the molecule is COc1ccc(Cn2c(=O)c(CN3C[C@H]4CC[C@@H]3C4)cc3cc4c(cc32)CCC4)cc1. The number of hydrogen-bond acceptors (Lipinski definition) is 3. The van der Waals surface area contributed by atoms with Crippen molar-refractivity contribution in [3.8, 4) is 5.75 Å². The van der Waals surface area contributed by atoms with Gasteiger partial charge in [0.25, 0.3) is 5.56 Å². The van der Waals surface area contributed by atoms with Crippen LogP contribution in [0.15, 0.2) is 47.3 Å². The molecular formula is C27H30N2O2. The number of benzene rings is 2. The fourth-order valence-electron chi connectivity index (χ4n) is 6.13. The van der Waals surface area contributed by atoms with Crippen LogP contribution in [0.1, 0.15) is 47.9 Å². The van der Waals surface area contributed by atoms with Gasteiger partial charge in [-0.05, 0) is 96.9 Å². The van der Waals surface area contributed by atoms with Crippen LogP contribution in [0, 0.1) is 5.92 Å². The molecule has 1 aliphatic heterocycles. The van der Waals surface area contributed by atoms with E-state index in [0.29, 0.717) is 12.6 Å². The van der Waals surface area contributed by atoms with Crippen molar-refractivity contribution in [2.45, 2.75) is 57.7 Å². The van der Waals surface area contributed by atoms with E-state index in [4.69, 9.17) is 4.74 Å². The van der Waals surface area contributed by atoms with E-state index in [0.717, 1.165) is 54.2 Å². The van der Waals surface area contributed by atoms with E-state index in [1.807, 2.05) is 16.7 Å². The van der Waals surface area contributed by atoms with Crippen LogP contribution < -0.4 is 10.3 Å². The third kappa shape index (κ3) is 3.38. The molecule has 2 aromatic carbocycles. The third-order valence-electron chi connectivity index (χ3n) is 7.78. The van der Waals surface area contributed by atoms with Gasteiger partial charge in [-0.25, -0.2) is 0 Å². The highest BCUT2D eigenvalue weighted by atomic mass is 16.5. The summed E-state index contributed by atoms with van der Waals surface area (Å²) >= 11 is 0. The summed E-state index contributed by atoms with van der Waals surface area (Å²) in [6.45, 7) is 2.54. The summed E-state index contributed by atoms with van der Waals surface area (Å²) in [6.07, 6.45) is 7.49. The van der Waals surface area contributed by atoms with E-state index >= 15 is 0 Å². The molecule has 0 amide bonds. The molecule has 2 fully saturated rings. The predicted molar refractivity (Wildman–Crippen MR) is 124 cm³/mol. The average Bonchev–Trinajstić information content (AvgIpc) is 3.53. The van der Waals surface area contributed by atoms with Gasteiger partial charge in [0.15, 0.2) is 0 Å². The first-order valence-electron chi connectivity index (χ1n) is 11.7. The van der Waals surface area contributed by atoms with Gasteiger partial charge in [-0.15, -0.1) is 0 Å². The van der Waals surface area contributed by atoms with Crippen LogP contribution in [0.5, 0.6) is 5.75 Å². The van der Waals surface area contributed by atoms with Gasteiger partial charge in [0, 0.05) is 24.7 Å². The van der Waals surface area contributed by atoms with Gasteiger partial charge in [0.1, 0.15) is 5.75 Å². The summed E-state index contributed by atoms with van der Waals surface area (Å²) in [4.78, 5) is 16.3. The molecule has 0 unspecified atom stereocenters. The van der Waals surface area contributed by atoms with Gasteiger partial charge >= 0.3 is 0 Å². The smallest absolute Gasteiger partial charge is 0.255 e. The van der Waals surface area contributed by atoms with E-state index in [-0.39, 0.29) is 5.56 Å². The van der Waals surface area contributed by atoms with Crippen molar-refractivity contribution in [2.24, 2.45) is 5.92 Å². The highest BCUT2D eigenvalue weighted by Crippen LogP contribution is 2.38. The lowest BCUT2D eigenvalue weighted by Gasteiger charge is -2.27. The van der Waals surface area contributed by atoms with Crippen LogP contribution >= 0.6 is 0 Å². The Morgan fingerprint density at radius 1 is 1.00 bits per heavy atom. The predicted octanol–water partition coefficient (Wildman–Crippen LogP) is 4.53. The van der Waals surface area contributed by atoms with Crippen molar-refractivity contribution in [3.05, 3.63) is 75.1 Å². The molecule has 6 rings (SSSR count). The molecule has 1 aromatic heterocycles. The first kappa shape index (κ1) is 19.1. The summed E-state index contributed by atoms with van der Waals surface area (Å²) < 4.78 is 7.32. The molecule has 3 aliphatic rings. The molecular weight excluding hydrogens is 384 g/mol. The molecule has 31 heavy (non-hydrogen) atoms. The third-order valence-corrected chi connectivity index (χ3v) is 7.78. The zero-order valence-corrected chi connectivity index (χ0v) is 18.3. The molecule has 2 aliphatic carbocycles. The zero-order valence-electron chi connectivity index (χ0n) is 18.3. The van der Waals surface area contributed by atoms with Crippen molar-refractivity contribution in [1.82, 2.24) is 9.47 Å². The summed E-state index contributed by atoms with van der Waals surface area (Å²) in [5, 5.41) is 1.22. The normalized spacial score (nSPS) is 22.4. The minimum Gasteiger partial charge on any atom is -0.497 e. The fraction of sp³-hybridized carbons (Fsp3) is 0.444. The van der Waals surface area contributed by atoms with Crippen LogP contribution in [0.3, 0.4) is 0 Å². The fourth-order valence-corrected chi connectivity index (χ4v) is 6.13. The number of pyridine rings is 1. The molecule has 0 N–H and O–H groups in total. The van der Waals surface area contributed by atoms with Crippen molar-refractivity contribution in [3.63, 3.8) is 0 Å². The number of aromatic nitrogens is 1. The van der Waals surface area contributed by atoms with Crippen molar-refractivity contribution >= 4 is 10.9 Å². The molecule has 160 valence electrons. The second kappa shape index (κ2) is 7.52. The number of rotatable bonds is 5. The molecule has 4 nitrogen and oxygen atoms in total.